The highest BCUT2D eigenvalue weighted by atomic mass is 16.5. The molecule has 0 aliphatic heterocycles. The highest BCUT2D eigenvalue weighted by Crippen LogP contribution is 2.13. The van der Waals surface area contributed by atoms with Crippen LogP contribution in [0.5, 0.6) is 0 Å². The lowest BCUT2D eigenvalue weighted by atomic mass is 10.2. The largest absolute Gasteiger partial charge is 0.461 e. The molecule has 0 atom stereocenters. The van der Waals surface area contributed by atoms with Crippen molar-refractivity contribution in [2.45, 2.75) is 40.5 Å². The number of esters is 2. The van der Waals surface area contributed by atoms with Crippen molar-refractivity contribution < 1.29 is 28.7 Å². The van der Waals surface area contributed by atoms with Crippen molar-refractivity contribution in [2.24, 2.45) is 0 Å². The highest BCUT2D eigenvalue weighted by Gasteiger charge is 2.12. The zero-order valence-corrected chi connectivity index (χ0v) is 24.0. The van der Waals surface area contributed by atoms with Gasteiger partial charge >= 0.3 is 11.9 Å². The van der Waals surface area contributed by atoms with Crippen LogP contribution in [0, 0.1) is 0 Å². The van der Waals surface area contributed by atoms with E-state index in [2.05, 4.69) is 48.1 Å². The Morgan fingerprint density at radius 2 is 0.900 bits per heavy atom. The summed E-state index contributed by atoms with van der Waals surface area (Å²) in [5.41, 5.74) is 1.83. The summed E-state index contributed by atoms with van der Waals surface area (Å²) < 4.78 is 10.6. The molecule has 0 saturated heterocycles. The van der Waals surface area contributed by atoms with Gasteiger partial charge in [-0.3, -0.25) is 9.59 Å². The molecule has 10 nitrogen and oxygen atoms in total. The van der Waals surface area contributed by atoms with E-state index >= 15 is 0 Å². The van der Waals surface area contributed by atoms with Gasteiger partial charge in [0.1, 0.15) is 13.2 Å². The van der Waals surface area contributed by atoms with E-state index in [-0.39, 0.29) is 24.7 Å². The minimum atomic E-state index is -0.415. The zero-order chi connectivity index (χ0) is 29.3. The molecule has 0 fully saturated rings. The molecule has 2 rings (SSSR count). The van der Waals surface area contributed by atoms with Gasteiger partial charge in [-0.1, -0.05) is 27.7 Å². The Balaban J connectivity index is 1.71. The van der Waals surface area contributed by atoms with Crippen molar-refractivity contribution in [1.82, 2.24) is 9.80 Å². The second-order valence-corrected chi connectivity index (χ2v) is 9.08. The molecule has 0 heterocycles. The molecule has 218 valence electrons. The molecule has 40 heavy (non-hydrogen) atoms. The number of hydrogen-bond acceptors (Lipinski definition) is 8. The first-order chi connectivity index (χ1) is 19.3. The Labute approximate surface area is 237 Å². The maximum atomic E-state index is 12.3. The summed E-state index contributed by atoms with van der Waals surface area (Å²) in [6.45, 7) is 13.8. The fourth-order valence-corrected chi connectivity index (χ4v) is 3.83. The molecule has 0 bridgehead atoms. The predicted molar refractivity (Wildman–Crippen MR) is 156 cm³/mol. The van der Waals surface area contributed by atoms with E-state index in [4.69, 9.17) is 9.47 Å². The van der Waals surface area contributed by atoms with Crippen molar-refractivity contribution in [3.05, 3.63) is 59.7 Å². The molecule has 0 spiro atoms. The lowest BCUT2D eigenvalue weighted by molar-refractivity contribution is -0.121. The lowest BCUT2D eigenvalue weighted by Gasteiger charge is -2.17. The second kappa shape index (κ2) is 17.8. The smallest absolute Gasteiger partial charge is 0.338 e. The Kier molecular flexibility index (Phi) is 14.4. The molecule has 0 aliphatic carbocycles. The first kappa shape index (κ1) is 32.5. The number of nitrogens with zero attached hydrogens (tertiary/aromatic N) is 2. The van der Waals surface area contributed by atoms with Gasteiger partial charge in [-0.2, -0.15) is 0 Å². The third-order valence-corrected chi connectivity index (χ3v) is 6.46. The zero-order valence-electron chi connectivity index (χ0n) is 24.0. The molecule has 2 N–H and O–H groups in total. The fourth-order valence-electron chi connectivity index (χ4n) is 3.83. The molecule has 0 aliphatic rings. The summed E-state index contributed by atoms with van der Waals surface area (Å²) in [7, 11) is 0. The summed E-state index contributed by atoms with van der Waals surface area (Å²) in [5, 5.41) is 5.44. The fraction of sp³-hybridized carbons (Fsp3) is 0.467. The minimum absolute atomic E-state index is 0.0159. The molecular formula is C30H42N4O6. The Bertz CT molecular complexity index is 993. The number of anilines is 2. The number of amides is 2. The Morgan fingerprint density at radius 3 is 1.20 bits per heavy atom. The average molecular weight is 555 g/mol. The maximum absolute atomic E-state index is 12.3. The lowest BCUT2D eigenvalue weighted by Crippen LogP contribution is -2.27. The molecule has 0 radical (unpaired) electrons. The van der Waals surface area contributed by atoms with E-state index in [0.29, 0.717) is 48.8 Å². The van der Waals surface area contributed by atoms with Crippen molar-refractivity contribution >= 4 is 35.1 Å². The number of carbonyl (C=O) groups excluding carboxylic acids is 4. The van der Waals surface area contributed by atoms with E-state index in [1.807, 2.05) is 0 Å². The average Bonchev–Trinajstić information content (AvgIpc) is 2.97. The van der Waals surface area contributed by atoms with Crippen LogP contribution in [-0.2, 0) is 19.1 Å². The number of ether oxygens (including phenoxy) is 2. The SMILES string of the molecule is CCN(CC)CCOC(=O)c1ccc(NC(=O)CCC(=O)Nc2ccc(C(=O)OCCN(CC)CC)cc2)cc1. The van der Waals surface area contributed by atoms with Crippen LogP contribution in [0.1, 0.15) is 61.3 Å². The van der Waals surface area contributed by atoms with Crippen molar-refractivity contribution in [3.8, 4) is 0 Å². The number of hydrogen-bond donors (Lipinski definition) is 2. The summed E-state index contributed by atoms with van der Waals surface area (Å²) in [6.07, 6.45) is -0.0319. The molecule has 2 aromatic carbocycles. The first-order valence-electron chi connectivity index (χ1n) is 13.9. The van der Waals surface area contributed by atoms with E-state index in [1.54, 1.807) is 48.5 Å². The third kappa shape index (κ3) is 11.5. The normalized spacial score (nSPS) is 10.8. The van der Waals surface area contributed by atoms with Gasteiger partial charge in [0.15, 0.2) is 0 Å². The van der Waals surface area contributed by atoms with Gasteiger partial charge in [0.2, 0.25) is 11.8 Å². The molecule has 2 amide bonds. The van der Waals surface area contributed by atoms with Gasteiger partial charge in [-0.15, -0.1) is 0 Å². The van der Waals surface area contributed by atoms with Crippen LogP contribution in [0.2, 0.25) is 0 Å². The van der Waals surface area contributed by atoms with Gasteiger partial charge < -0.3 is 29.9 Å². The van der Waals surface area contributed by atoms with Gasteiger partial charge in [0.05, 0.1) is 11.1 Å². The molecule has 0 aromatic heterocycles. The van der Waals surface area contributed by atoms with E-state index in [9.17, 15) is 19.2 Å². The monoisotopic (exact) mass is 554 g/mol. The molecular weight excluding hydrogens is 512 g/mol. The number of rotatable bonds is 17. The van der Waals surface area contributed by atoms with Crippen LogP contribution in [0.25, 0.3) is 0 Å². The summed E-state index contributed by atoms with van der Waals surface area (Å²) >= 11 is 0. The number of carbonyl (C=O) groups is 4. The van der Waals surface area contributed by atoms with Crippen LogP contribution >= 0.6 is 0 Å². The topological polar surface area (TPSA) is 117 Å². The quantitative estimate of drug-likeness (QED) is 0.282. The third-order valence-electron chi connectivity index (χ3n) is 6.46. The minimum Gasteiger partial charge on any atom is -0.461 e. The van der Waals surface area contributed by atoms with Gasteiger partial charge in [0, 0.05) is 37.3 Å². The highest BCUT2D eigenvalue weighted by molar-refractivity contribution is 5.97. The first-order valence-corrected chi connectivity index (χ1v) is 13.9. The molecule has 2 aromatic rings. The molecule has 0 saturated carbocycles. The van der Waals surface area contributed by atoms with Crippen LogP contribution in [0.3, 0.4) is 0 Å². The van der Waals surface area contributed by atoms with Crippen LogP contribution in [0.15, 0.2) is 48.5 Å². The van der Waals surface area contributed by atoms with E-state index in [0.717, 1.165) is 26.2 Å². The van der Waals surface area contributed by atoms with Crippen molar-refractivity contribution in [2.75, 3.05) is 63.1 Å². The molecule has 0 unspecified atom stereocenters. The summed E-state index contributed by atoms with van der Waals surface area (Å²) in [4.78, 5) is 53.3. The second-order valence-electron chi connectivity index (χ2n) is 9.08. The van der Waals surface area contributed by atoms with Crippen molar-refractivity contribution in [1.29, 1.82) is 0 Å². The van der Waals surface area contributed by atoms with Gasteiger partial charge in [-0.25, -0.2) is 9.59 Å². The number of nitrogens with one attached hydrogen (secondary N) is 2. The van der Waals surface area contributed by atoms with E-state index in [1.165, 1.54) is 0 Å². The van der Waals surface area contributed by atoms with Crippen LogP contribution < -0.4 is 10.6 Å². The van der Waals surface area contributed by atoms with Gasteiger partial charge in [0.25, 0.3) is 0 Å². The Morgan fingerprint density at radius 1 is 0.575 bits per heavy atom. The summed E-state index contributed by atoms with van der Waals surface area (Å²) in [5.74, 6) is -1.48. The Hall–Kier alpha value is -3.76. The van der Waals surface area contributed by atoms with Crippen molar-refractivity contribution in [3.63, 3.8) is 0 Å². The number of likely N-dealkylation sites (N-methyl/N-ethyl adjacent to an activating group) is 2. The van der Waals surface area contributed by atoms with Crippen LogP contribution in [-0.4, -0.2) is 86.0 Å². The standard InChI is InChI=1S/C30H42N4O6/c1-5-33(6-2)19-21-39-29(37)23-9-13-25(14-10-23)31-27(35)17-18-28(36)32-26-15-11-24(12-16-26)30(38)40-22-20-34(7-3)8-4/h9-16H,5-8,17-22H2,1-4H3,(H,31,35)(H,32,36). The molecule has 10 heteroatoms. The van der Waals surface area contributed by atoms with E-state index < -0.39 is 11.9 Å². The van der Waals surface area contributed by atoms with Crippen LogP contribution in [0.4, 0.5) is 11.4 Å². The van der Waals surface area contributed by atoms with Gasteiger partial charge in [-0.05, 0) is 74.7 Å². The predicted octanol–water partition coefficient (Wildman–Crippen LogP) is 4.04. The maximum Gasteiger partial charge on any atom is 0.338 e. The number of benzene rings is 2. The summed E-state index contributed by atoms with van der Waals surface area (Å²) in [6, 6.07) is 12.8.